The summed E-state index contributed by atoms with van der Waals surface area (Å²) in [6.07, 6.45) is 6.82. The van der Waals surface area contributed by atoms with Gasteiger partial charge in [-0.1, -0.05) is 11.6 Å². The molecule has 0 radical (unpaired) electrons. The maximum atomic E-state index is 13.1. The summed E-state index contributed by atoms with van der Waals surface area (Å²) in [5.74, 6) is 1.03. The van der Waals surface area contributed by atoms with Gasteiger partial charge in [-0.3, -0.25) is 0 Å². The van der Waals surface area contributed by atoms with Crippen LogP contribution in [0.25, 0.3) is 5.69 Å². The lowest BCUT2D eigenvalue weighted by Gasteiger charge is -2.59. The normalized spacial score (nSPS) is 23.4. The van der Waals surface area contributed by atoms with Crippen molar-refractivity contribution in [3.8, 4) is 5.69 Å². The van der Waals surface area contributed by atoms with Crippen molar-refractivity contribution in [3.05, 3.63) is 47.4 Å². The van der Waals surface area contributed by atoms with Crippen molar-refractivity contribution in [3.63, 3.8) is 0 Å². The number of carbonyl (C=O) groups excluding carboxylic acids is 1. The molecule has 0 unspecified atom stereocenters. The van der Waals surface area contributed by atoms with E-state index in [4.69, 9.17) is 16.0 Å². The van der Waals surface area contributed by atoms with E-state index in [1.54, 1.807) is 37.5 Å². The Bertz CT molecular complexity index is 1030. The number of fused-ring (bicyclic) bond motifs is 2. The molecule has 1 saturated heterocycles. The van der Waals surface area contributed by atoms with Gasteiger partial charge in [0.15, 0.2) is 0 Å². The molecule has 2 bridgehead atoms. The molecule has 144 valence electrons. The monoisotopic (exact) mass is 399 g/mol. The minimum Gasteiger partial charge on any atom is -0.423 e. The molecule has 1 aromatic carbocycles. The van der Waals surface area contributed by atoms with Gasteiger partial charge in [0.2, 0.25) is 11.8 Å². The summed E-state index contributed by atoms with van der Waals surface area (Å²) < 4.78 is 5.70. The van der Waals surface area contributed by atoms with Crippen LogP contribution in [0, 0.1) is 6.92 Å². The second-order valence-electron chi connectivity index (χ2n) is 7.19. The largest absolute Gasteiger partial charge is 0.423 e. The molecular weight excluding hydrogens is 382 g/mol. The van der Waals surface area contributed by atoms with Gasteiger partial charge in [-0.25, -0.2) is 4.79 Å². The topological polar surface area (TPSA) is 102 Å². The Balaban J connectivity index is 1.42. The van der Waals surface area contributed by atoms with Crippen molar-refractivity contribution in [1.82, 2.24) is 30.1 Å². The summed E-state index contributed by atoms with van der Waals surface area (Å²) in [5.41, 5.74) is 0.701. The lowest BCUT2D eigenvalue weighted by atomic mass is 9.68. The molecule has 3 aromatic rings. The van der Waals surface area contributed by atoms with Gasteiger partial charge in [0, 0.05) is 25.1 Å². The third-order valence-corrected chi connectivity index (χ3v) is 5.82. The first-order valence-electron chi connectivity index (χ1n) is 9.14. The fourth-order valence-corrected chi connectivity index (χ4v) is 4.50. The number of urea groups is 1. The number of likely N-dealkylation sites (tertiary alicyclic amines) is 1. The van der Waals surface area contributed by atoms with Crippen molar-refractivity contribution < 1.29 is 9.21 Å². The highest BCUT2D eigenvalue weighted by Gasteiger charge is 2.60. The Morgan fingerprint density at radius 2 is 2.14 bits per heavy atom. The van der Waals surface area contributed by atoms with Gasteiger partial charge in [0.25, 0.3) is 0 Å². The van der Waals surface area contributed by atoms with E-state index in [1.807, 2.05) is 4.90 Å². The molecule has 1 saturated carbocycles. The van der Waals surface area contributed by atoms with E-state index in [-0.39, 0.29) is 12.1 Å². The molecule has 2 amide bonds. The molecule has 2 aliphatic rings. The molecule has 5 rings (SSSR count). The van der Waals surface area contributed by atoms with Crippen LogP contribution < -0.4 is 5.32 Å². The lowest BCUT2D eigenvalue weighted by molar-refractivity contribution is -0.0912. The highest BCUT2D eigenvalue weighted by Crippen LogP contribution is 2.53. The molecule has 10 heteroatoms. The van der Waals surface area contributed by atoms with E-state index in [9.17, 15) is 4.79 Å². The van der Waals surface area contributed by atoms with Gasteiger partial charge in [-0.15, -0.1) is 10.2 Å². The van der Waals surface area contributed by atoms with Crippen molar-refractivity contribution >= 4 is 23.3 Å². The first kappa shape index (κ1) is 17.2. The van der Waals surface area contributed by atoms with E-state index in [1.165, 1.54) is 4.80 Å². The molecule has 1 aliphatic carbocycles. The third-order valence-electron chi connectivity index (χ3n) is 5.50. The van der Waals surface area contributed by atoms with Gasteiger partial charge in [0.05, 0.1) is 17.4 Å². The van der Waals surface area contributed by atoms with E-state index in [0.717, 1.165) is 25.7 Å². The third kappa shape index (κ3) is 2.57. The Labute approximate surface area is 165 Å². The zero-order valence-electron chi connectivity index (χ0n) is 15.2. The van der Waals surface area contributed by atoms with Crippen molar-refractivity contribution in [2.75, 3.05) is 5.32 Å². The van der Waals surface area contributed by atoms with Crippen LogP contribution in [0.4, 0.5) is 10.5 Å². The number of benzene rings is 1. The van der Waals surface area contributed by atoms with Crippen molar-refractivity contribution in [2.24, 2.45) is 0 Å². The number of nitrogens with zero attached hydrogens (tertiary/aromatic N) is 6. The lowest BCUT2D eigenvalue weighted by Crippen LogP contribution is -2.69. The number of amides is 2. The molecule has 9 nitrogen and oxygen atoms in total. The van der Waals surface area contributed by atoms with Crippen LogP contribution in [0.3, 0.4) is 0 Å². The van der Waals surface area contributed by atoms with E-state index < -0.39 is 5.54 Å². The van der Waals surface area contributed by atoms with E-state index in [2.05, 4.69) is 25.7 Å². The van der Waals surface area contributed by atoms with Gasteiger partial charge in [0.1, 0.15) is 11.2 Å². The molecule has 1 N–H and O–H groups in total. The summed E-state index contributed by atoms with van der Waals surface area (Å²) in [4.78, 5) is 16.4. The fourth-order valence-electron chi connectivity index (χ4n) is 4.31. The zero-order valence-corrected chi connectivity index (χ0v) is 15.9. The number of rotatable bonds is 3. The minimum absolute atomic E-state index is 0.181. The van der Waals surface area contributed by atoms with Crippen LogP contribution in [0.2, 0.25) is 5.02 Å². The Kier molecular flexibility index (Phi) is 3.87. The van der Waals surface area contributed by atoms with Crippen molar-refractivity contribution in [1.29, 1.82) is 0 Å². The molecule has 3 heterocycles. The Hall–Kier alpha value is -2.94. The second kappa shape index (κ2) is 6.30. The number of carbonyl (C=O) groups is 1. The summed E-state index contributed by atoms with van der Waals surface area (Å²) in [5, 5.41) is 19.8. The second-order valence-corrected chi connectivity index (χ2v) is 7.60. The van der Waals surface area contributed by atoms with Crippen LogP contribution in [-0.4, -0.2) is 42.2 Å². The van der Waals surface area contributed by atoms with E-state index >= 15 is 0 Å². The fraction of sp³-hybridized carbons (Fsp3) is 0.389. The number of anilines is 1. The predicted octanol–water partition coefficient (Wildman–Crippen LogP) is 3.30. The van der Waals surface area contributed by atoms with Gasteiger partial charge >= 0.3 is 6.03 Å². The van der Waals surface area contributed by atoms with E-state index in [0.29, 0.717) is 28.2 Å². The first-order chi connectivity index (χ1) is 13.6. The number of hydrogen-bond donors (Lipinski definition) is 1. The van der Waals surface area contributed by atoms with Gasteiger partial charge in [-0.2, -0.15) is 15.0 Å². The first-order valence-corrected chi connectivity index (χ1v) is 9.52. The molecule has 2 fully saturated rings. The average Bonchev–Trinajstić information content (AvgIpc) is 3.35. The number of aryl methyl sites for hydroxylation is 1. The van der Waals surface area contributed by atoms with Gasteiger partial charge in [-0.05, 0) is 37.5 Å². The Morgan fingerprint density at radius 1 is 1.32 bits per heavy atom. The van der Waals surface area contributed by atoms with Crippen LogP contribution in [0.15, 0.2) is 35.0 Å². The van der Waals surface area contributed by atoms with Crippen LogP contribution in [0.1, 0.15) is 37.5 Å². The number of aromatic nitrogens is 5. The molecular formula is C18H18ClN7O2. The average molecular weight is 400 g/mol. The summed E-state index contributed by atoms with van der Waals surface area (Å²) in [6, 6.07) is 5.21. The number of hydrogen-bond acceptors (Lipinski definition) is 6. The summed E-state index contributed by atoms with van der Waals surface area (Å²) in [7, 11) is 0. The van der Waals surface area contributed by atoms with Crippen LogP contribution in [0.5, 0.6) is 0 Å². The molecule has 0 spiro atoms. The maximum Gasteiger partial charge on any atom is 0.323 e. The molecule has 1 aliphatic heterocycles. The van der Waals surface area contributed by atoms with Crippen LogP contribution >= 0.6 is 11.6 Å². The predicted molar refractivity (Wildman–Crippen MR) is 100 cm³/mol. The quantitative estimate of drug-likeness (QED) is 0.725. The number of halogens is 1. The van der Waals surface area contributed by atoms with Crippen LogP contribution in [-0.2, 0) is 5.54 Å². The highest BCUT2D eigenvalue weighted by atomic mass is 35.5. The van der Waals surface area contributed by atoms with Gasteiger partial charge < -0.3 is 14.6 Å². The van der Waals surface area contributed by atoms with Crippen molar-refractivity contribution in [2.45, 2.75) is 44.2 Å². The summed E-state index contributed by atoms with van der Waals surface area (Å²) >= 11 is 6.26. The SMILES string of the molecule is Cc1nnc([C@]23CCC[C@H](C2)N3C(=O)Nc2ccc(Cl)c(-n3nccn3)c2)o1. The highest BCUT2D eigenvalue weighted by molar-refractivity contribution is 6.32. The molecule has 28 heavy (non-hydrogen) atoms. The molecule has 2 atom stereocenters. The standard InChI is InChI=1S/C18H18ClN7O2/c1-11-23-24-16(28-11)18-6-2-3-13(10-18)25(18)17(27)22-12-4-5-14(19)15(9-12)26-20-7-8-21-26/h4-5,7-9,13H,2-3,6,10H2,1H3,(H,22,27)/t13-,18+/m1/s1. The Morgan fingerprint density at radius 3 is 2.86 bits per heavy atom. The number of piperidine rings is 1. The zero-order chi connectivity index (χ0) is 19.3. The number of nitrogens with one attached hydrogen (secondary N) is 1. The summed E-state index contributed by atoms with van der Waals surface area (Å²) in [6.45, 7) is 1.76. The minimum atomic E-state index is -0.507. The smallest absolute Gasteiger partial charge is 0.323 e. The molecule has 2 aromatic heterocycles. The maximum absolute atomic E-state index is 13.1.